The third kappa shape index (κ3) is 2.68. The number of carboxylic acid groups (broad SMARTS) is 1. The van der Waals surface area contributed by atoms with Gasteiger partial charge in [0.1, 0.15) is 0 Å². The van der Waals surface area contributed by atoms with Gasteiger partial charge in [0.15, 0.2) is 0 Å². The van der Waals surface area contributed by atoms with Crippen molar-refractivity contribution in [3.8, 4) is 0 Å². The molecule has 0 amide bonds. The van der Waals surface area contributed by atoms with Gasteiger partial charge in [0.2, 0.25) is 11.7 Å². The maximum atomic E-state index is 10.6. The van der Waals surface area contributed by atoms with Gasteiger partial charge in [-0.15, -0.1) is 0 Å². The number of carboxylic acids is 1. The lowest BCUT2D eigenvalue weighted by molar-refractivity contribution is 0.0660. The number of aryl methyl sites for hydroxylation is 2. The van der Waals surface area contributed by atoms with Gasteiger partial charge in [0.05, 0.1) is 12.7 Å². The quantitative estimate of drug-likeness (QED) is 0.867. The van der Waals surface area contributed by atoms with Crippen LogP contribution in [0.25, 0.3) is 0 Å². The fraction of sp³-hybridized carbons (Fsp3) is 0.231. The van der Waals surface area contributed by atoms with Crippen LogP contribution in [-0.2, 0) is 6.54 Å². The van der Waals surface area contributed by atoms with E-state index in [9.17, 15) is 4.79 Å². The molecular weight excluding hydrogens is 232 g/mol. The molecule has 1 aromatic carbocycles. The molecule has 2 aromatic rings. The molecule has 1 heterocycles. The molecule has 0 spiro atoms. The van der Waals surface area contributed by atoms with Crippen LogP contribution in [0.15, 0.2) is 28.8 Å². The van der Waals surface area contributed by atoms with E-state index in [1.165, 1.54) is 17.3 Å². The molecule has 5 nitrogen and oxygen atoms in total. The molecule has 0 radical (unpaired) electrons. The molecular formula is C13H14N2O3. The molecule has 0 aliphatic carbocycles. The smallest absolute Gasteiger partial charge is 0.373 e. The molecule has 5 heteroatoms. The molecule has 0 fully saturated rings. The summed E-state index contributed by atoms with van der Waals surface area (Å²) < 4.78 is 5.05. The average Bonchev–Trinajstić information content (AvgIpc) is 2.79. The number of rotatable bonds is 4. The number of aromatic nitrogens is 1. The molecule has 0 saturated carbocycles. The van der Waals surface area contributed by atoms with Gasteiger partial charge in [-0.05, 0) is 37.1 Å². The maximum absolute atomic E-state index is 10.6. The van der Waals surface area contributed by atoms with Crippen LogP contribution in [0.3, 0.4) is 0 Å². The summed E-state index contributed by atoms with van der Waals surface area (Å²) in [5.41, 5.74) is 3.37. The number of carbonyl (C=O) groups is 1. The van der Waals surface area contributed by atoms with Gasteiger partial charge in [-0.2, -0.15) is 0 Å². The molecule has 0 aliphatic heterocycles. The minimum absolute atomic E-state index is 0.146. The number of anilines is 1. The molecule has 2 N–H and O–H groups in total. The summed E-state index contributed by atoms with van der Waals surface area (Å²) in [6.07, 6.45) is 1.21. The van der Waals surface area contributed by atoms with Crippen molar-refractivity contribution >= 4 is 11.7 Å². The normalized spacial score (nSPS) is 10.3. The Bertz CT molecular complexity index is 575. The lowest BCUT2D eigenvalue weighted by Crippen LogP contribution is -2.00. The molecule has 0 unspecified atom stereocenters. The van der Waals surface area contributed by atoms with Crippen molar-refractivity contribution in [2.75, 3.05) is 5.32 Å². The standard InChI is InChI=1S/C13H14N2O3/c1-8-3-4-10(5-9(8)2)14-7-12-15-6-11(18-12)13(16)17/h3-6,14H,7H2,1-2H3,(H,16,17). The van der Waals surface area contributed by atoms with Crippen molar-refractivity contribution in [3.63, 3.8) is 0 Å². The van der Waals surface area contributed by atoms with E-state index in [1.54, 1.807) is 0 Å². The summed E-state index contributed by atoms with van der Waals surface area (Å²) in [6, 6.07) is 6.01. The average molecular weight is 246 g/mol. The number of oxazole rings is 1. The van der Waals surface area contributed by atoms with Crippen molar-refractivity contribution < 1.29 is 14.3 Å². The van der Waals surface area contributed by atoms with Gasteiger partial charge in [0.25, 0.3) is 0 Å². The summed E-state index contributed by atoms with van der Waals surface area (Å²) in [7, 11) is 0. The first kappa shape index (κ1) is 12.2. The van der Waals surface area contributed by atoms with E-state index in [1.807, 2.05) is 32.0 Å². The fourth-order valence-electron chi connectivity index (χ4n) is 1.52. The molecule has 2 rings (SSSR count). The highest BCUT2D eigenvalue weighted by atomic mass is 16.4. The lowest BCUT2D eigenvalue weighted by Gasteiger charge is -2.06. The van der Waals surface area contributed by atoms with Crippen molar-refractivity contribution in [3.05, 3.63) is 47.2 Å². The van der Waals surface area contributed by atoms with Crippen LogP contribution >= 0.6 is 0 Å². The van der Waals surface area contributed by atoms with Crippen LogP contribution in [0, 0.1) is 13.8 Å². The Morgan fingerprint density at radius 3 is 2.78 bits per heavy atom. The van der Waals surface area contributed by atoms with E-state index in [-0.39, 0.29) is 5.76 Å². The number of nitrogens with zero attached hydrogens (tertiary/aromatic N) is 1. The van der Waals surface area contributed by atoms with E-state index in [2.05, 4.69) is 10.3 Å². The van der Waals surface area contributed by atoms with Crippen LogP contribution in [0.4, 0.5) is 5.69 Å². The first-order valence-electron chi connectivity index (χ1n) is 5.55. The Morgan fingerprint density at radius 1 is 1.39 bits per heavy atom. The van der Waals surface area contributed by atoms with Crippen LogP contribution in [0.5, 0.6) is 0 Å². The molecule has 1 aromatic heterocycles. The first-order chi connectivity index (χ1) is 8.56. The molecule has 18 heavy (non-hydrogen) atoms. The van der Waals surface area contributed by atoms with Crippen molar-refractivity contribution in [2.45, 2.75) is 20.4 Å². The third-order valence-electron chi connectivity index (χ3n) is 2.71. The van der Waals surface area contributed by atoms with Gasteiger partial charge >= 0.3 is 5.97 Å². The minimum atomic E-state index is -1.11. The molecule has 0 bridgehead atoms. The number of hydrogen-bond acceptors (Lipinski definition) is 4. The van der Waals surface area contributed by atoms with Gasteiger partial charge < -0.3 is 14.8 Å². The SMILES string of the molecule is Cc1ccc(NCc2ncc(C(=O)O)o2)cc1C. The predicted octanol–water partition coefficient (Wildman–Crippen LogP) is 2.60. The van der Waals surface area contributed by atoms with Gasteiger partial charge in [-0.3, -0.25) is 0 Å². The zero-order chi connectivity index (χ0) is 13.1. The zero-order valence-electron chi connectivity index (χ0n) is 10.2. The second kappa shape index (κ2) is 4.91. The Balaban J connectivity index is 2.02. The Hall–Kier alpha value is -2.30. The third-order valence-corrected chi connectivity index (χ3v) is 2.71. The molecule has 0 saturated heterocycles. The van der Waals surface area contributed by atoms with Crippen LogP contribution in [0.2, 0.25) is 0 Å². The Labute approximate surface area is 104 Å². The largest absolute Gasteiger partial charge is 0.475 e. The second-order valence-corrected chi connectivity index (χ2v) is 4.08. The summed E-state index contributed by atoms with van der Waals surface area (Å²) >= 11 is 0. The Kier molecular flexibility index (Phi) is 3.32. The van der Waals surface area contributed by atoms with Crippen LogP contribution in [-0.4, -0.2) is 16.1 Å². The van der Waals surface area contributed by atoms with Crippen molar-refractivity contribution in [2.24, 2.45) is 0 Å². The van der Waals surface area contributed by atoms with Gasteiger partial charge in [-0.25, -0.2) is 9.78 Å². The van der Waals surface area contributed by atoms with E-state index in [0.29, 0.717) is 12.4 Å². The molecule has 0 aliphatic rings. The topological polar surface area (TPSA) is 75.4 Å². The number of nitrogens with one attached hydrogen (secondary N) is 1. The molecule has 94 valence electrons. The van der Waals surface area contributed by atoms with Crippen LogP contribution in [0.1, 0.15) is 27.6 Å². The fourth-order valence-corrected chi connectivity index (χ4v) is 1.52. The molecule has 0 atom stereocenters. The minimum Gasteiger partial charge on any atom is -0.475 e. The van der Waals surface area contributed by atoms with Gasteiger partial charge in [0, 0.05) is 5.69 Å². The number of hydrogen-bond donors (Lipinski definition) is 2. The highest BCUT2D eigenvalue weighted by Crippen LogP contribution is 2.15. The van der Waals surface area contributed by atoms with E-state index >= 15 is 0 Å². The van der Waals surface area contributed by atoms with E-state index in [4.69, 9.17) is 9.52 Å². The monoisotopic (exact) mass is 246 g/mol. The van der Waals surface area contributed by atoms with Gasteiger partial charge in [-0.1, -0.05) is 6.07 Å². The van der Waals surface area contributed by atoms with Crippen LogP contribution < -0.4 is 5.32 Å². The maximum Gasteiger partial charge on any atom is 0.373 e. The number of benzene rings is 1. The highest BCUT2D eigenvalue weighted by Gasteiger charge is 2.10. The first-order valence-corrected chi connectivity index (χ1v) is 5.55. The second-order valence-electron chi connectivity index (χ2n) is 4.08. The summed E-state index contributed by atoms with van der Waals surface area (Å²) in [4.78, 5) is 14.5. The van der Waals surface area contributed by atoms with E-state index < -0.39 is 5.97 Å². The summed E-state index contributed by atoms with van der Waals surface area (Å²) in [6.45, 7) is 4.44. The summed E-state index contributed by atoms with van der Waals surface area (Å²) in [5, 5.41) is 11.8. The summed E-state index contributed by atoms with van der Waals surface area (Å²) in [5.74, 6) is -0.905. The zero-order valence-corrected chi connectivity index (χ0v) is 10.2. The Morgan fingerprint density at radius 2 is 2.17 bits per heavy atom. The van der Waals surface area contributed by atoms with Crippen molar-refractivity contribution in [1.29, 1.82) is 0 Å². The predicted molar refractivity (Wildman–Crippen MR) is 66.7 cm³/mol. The number of aromatic carboxylic acids is 1. The highest BCUT2D eigenvalue weighted by molar-refractivity contribution is 5.83. The van der Waals surface area contributed by atoms with E-state index in [0.717, 1.165) is 5.69 Å². The van der Waals surface area contributed by atoms with Crippen molar-refractivity contribution in [1.82, 2.24) is 4.98 Å². The lowest BCUT2D eigenvalue weighted by atomic mass is 10.1.